The van der Waals surface area contributed by atoms with Crippen LogP contribution in [0.15, 0.2) is 48.5 Å². The predicted octanol–water partition coefficient (Wildman–Crippen LogP) is 0.967. The summed E-state index contributed by atoms with van der Waals surface area (Å²) in [5, 5.41) is 7.41. The van der Waals surface area contributed by atoms with Crippen molar-refractivity contribution in [1.29, 1.82) is 0 Å². The number of carbonyl (C=O) groups excluding carboxylic acids is 4. The van der Waals surface area contributed by atoms with Crippen LogP contribution in [0.25, 0.3) is 0 Å². The maximum atomic E-state index is 12.0. The molecule has 0 aliphatic carbocycles. The summed E-state index contributed by atoms with van der Waals surface area (Å²) in [6.45, 7) is -0.911. The molecule has 0 aliphatic heterocycles. The lowest BCUT2D eigenvalue weighted by Gasteiger charge is -2.09. The minimum atomic E-state index is -0.763. The summed E-state index contributed by atoms with van der Waals surface area (Å²) in [5.74, 6) is -1.48. The molecule has 0 heterocycles. The highest BCUT2D eigenvalue weighted by Crippen LogP contribution is 2.11. The van der Waals surface area contributed by atoms with Crippen LogP contribution < -0.4 is 20.7 Å². The maximum absolute atomic E-state index is 12.0. The number of rotatable bonds is 8. The first-order valence-corrected chi connectivity index (χ1v) is 8.63. The predicted molar refractivity (Wildman–Crippen MR) is 105 cm³/mol. The van der Waals surface area contributed by atoms with Gasteiger partial charge in [0.1, 0.15) is 12.3 Å². The lowest BCUT2D eigenvalue weighted by atomic mass is 10.2. The summed E-state index contributed by atoms with van der Waals surface area (Å²) in [5.41, 5.74) is 1.12. The number of hydrogen-bond donors (Lipinski definition) is 3. The minimum absolute atomic E-state index is 0.292. The van der Waals surface area contributed by atoms with E-state index >= 15 is 0 Å². The van der Waals surface area contributed by atoms with Gasteiger partial charge in [-0.1, -0.05) is 6.07 Å². The van der Waals surface area contributed by atoms with Crippen LogP contribution in [-0.4, -0.2) is 51.0 Å². The fourth-order valence-corrected chi connectivity index (χ4v) is 2.27. The van der Waals surface area contributed by atoms with Gasteiger partial charge < -0.3 is 25.4 Å². The molecule has 0 fully saturated rings. The Kier molecular flexibility index (Phi) is 7.72. The first kappa shape index (κ1) is 21.4. The molecule has 3 N–H and O–H groups in total. The van der Waals surface area contributed by atoms with Gasteiger partial charge >= 0.3 is 5.97 Å². The average Bonchev–Trinajstić information content (AvgIpc) is 2.75. The molecule has 152 valence electrons. The Balaban J connectivity index is 1.76. The van der Waals surface area contributed by atoms with E-state index in [0.29, 0.717) is 22.6 Å². The molecule has 2 rings (SSSR count). The molecule has 2 aromatic rings. The molecule has 0 aliphatic rings. The minimum Gasteiger partial charge on any atom is -0.497 e. The van der Waals surface area contributed by atoms with Crippen LogP contribution >= 0.6 is 0 Å². The quantitative estimate of drug-likeness (QED) is 0.569. The van der Waals surface area contributed by atoms with Crippen molar-refractivity contribution in [1.82, 2.24) is 10.6 Å². The van der Waals surface area contributed by atoms with E-state index in [1.54, 1.807) is 42.5 Å². The van der Waals surface area contributed by atoms with Crippen molar-refractivity contribution in [3.05, 3.63) is 59.7 Å². The largest absolute Gasteiger partial charge is 0.497 e. The summed E-state index contributed by atoms with van der Waals surface area (Å²) >= 11 is 0. The van der Waals surface area contributed by atoms with Crippen molar-refractivity contribution in [2.75, 3.05) is 32.6 Å². The molecule has 9 heteroatoms. The van der Waals surface area contributed by atoms with Gasteiger partial charge in [0, 0.05) is 23.9 Å². The third-order valence-corrected chi connectivity index (χ3v) is 3.75. The summed E-state index contributed by atoms with van der Waals surface area (Å²) in [7, 11) is 3.01. The fraction of sp³-hybridized carbons (Fsp3) is 0.200. The van der Waals surface area contributed by atoms with E-state index in [4.69, 9.17) is 9.47 Å². The Morgan fingerprint density at radius 3 is 2.31 bits per heavy atom. The molecule has 0 atom stereocenters. The van der Waals surface area contributed by atoms with Crippen LogP contribution in [-0.2, 0) is 14.3 Å². The normalized spacial score (nSPS) is 9.86. The molecule has 0 saturated heterocycles. The highest BCUT2D eigenvalue weighted by atomic mass is 16.5. The van der Waals surface area contributed by atoms with Crippen LogP contribution in [0.2, 0.25) is 0 Å². The molecule has 0 spiro atoms. The Morgan fingerprint density at radius 1 is 0.931 bits per heavy atom. The number of benzene rings is 2. The monoisotopic (exact) mass is 399 g/mol. The molecule has 0 unspecified atom stereocenters. The van der Waals surface area contributed by atoms with Gasteiger partial charge in [-0.3, -0.25) is 19.2 Å². The fourth-order valence-electron chi connectivity index (χ4n) is 2.27. The zero-order valence-electron chi connectivity index (χ0n) is 16.0. The van der Waals surface area contributed by atoms with Crippen LogP contribution in [0.4, 0.5) is 5.69 Å². The zero-order chi connectivity index (χ0) is 21.2. The lowest BCUT2D eigenvalue weighted by Crippen LogP contribution is -2.32. The second kappa shape index (κ2) is 10.5. The summed E-state index contributed by atoms with van der Waals surface area (Å²) in [6, 6.07) is 12.7. The van der Waals surface area contributed by atoms with Crippen LogP contribution in [0.5, 0.6) is 5.75 Å². The molecule has 29 heavy (non-hydrogen) atoms. The highest BCUT2D eigenvalue weighted by molar-refractivity contribution is 5.98. The number of anilines is 1. The smallest absolute Gasteiger partial charge is 0.325 e. The van der Waals surface area contributed by atoms with Crippen molar-refractivity contribution >= 4 is 29.4 Å². The molecular weight excluding hydrogens is 378 g/mol. The molecule has 0 aromatic heterocycles. The summed E-state index contributed by atoms with van der Waals surface area (Å²) in [6.07, 6.45) is 0. The Labute approximate surface area is 167 Å². The standard InChI is InChI=1S/C20H21N3O6/c1-21-19(26)14-4-3-5-15(10-14)23-17(24)12-29-18(25)11-22-20(27)13-6-8-16(28-2)9-7-13/h3-10H,11-12H2,1-2H3,(H,21,26)(H,22,27)(H,23,24). The number of ether oxygens (including phenoxy) is 2. The van der Waals surface area contributed by atoms with Crippen molar-refractivity contribution in [3.8, 4) is 5.75 Å². The topological polar surface area (TPSA) is 123 Å². The summed E-state index contributed by atoms with van der Waals surface area (Å²) in [4.78, 5) is 47.2. The van der Waals surface area contributed by atoms with Gasteiger partial charge in [-0.2, -0.15) is 0 Å². The van der Waals surface area contributed by atoms with Gasteiger partial charge in [-0.25, -0.2) is 0 Å². The number of methoxy groups -OCH3 is 1. The van der Waals surface area contributed by atoms with Gasteiger partial charge in [-0.05, 0) is 42.5 Å². The number of hydrogen-bond acceptors (Lipinski definition) is 6. The molecule has 3 amide bonds. The Hall–Kier alpha value is -3.88. The second-order valence-corrected chi connectivity index (χ2v) is 5.78. The van der Waals surface area contributed by atoms with E-state index in [1.165, 1.54) is 20.2 Å². The Morgan fingerprint density at radius 2 is 1.66 bits per heavy atom. The second-order valence-electron chi connectivity index (χ2n) is 5.78. The number of esters is 1. The van der Waals surface area contributed by atoms with Crippen LogP contribution in [0.3, 0.4) is 0 Å². The van der Waals surface area contributed by atoms with Crippen LogP contribution in [0, 0.1) is 0 Å². The molecule has 0 saturated carbocycles. The molecular formula is C20H21N3O6. The van der Waals surface area contributed by atoms with E-state index in [1.807, 2.05) is 0 Å². The van der Waals surface area contributed by atoms with E-state index < -0.39 is 24.4 Å². The van der Waals surface area contributed by atoms with Gasteiger partial charge in [0.2, 0.25) is 0 Å². The highest BCUT2D eigenvalue weighted by Gasteiger charge is 2.12. The van der Waals surface area contributed by atoms with E-state index in [9.17, 15) is 19.2 Å². The van der Waals surface area contributed by atoms with Gasteiger partial charge in [0.05, 0.1) is 7.11 Å². The lowest BCUT2D eigenvalue weighted by molar-refractivity contribution is -0.146. The Bertz CT molecular complexity index is 895. The number of nitrogens with one attached hydrogen (secondary N) is 3. The first-order valence-electron chi connectivity index (χ1n) is 8.63. The average molecular weight is 399 g/mol. The van der Waals surface area contributed by atoms with E-state index in [2.05, 4.69) is 16.0 Å². The maximum Gasteiger partial charge on any atom is 0.325 e. The summed E-state index contributed by atoms with van der Waals surface area (Å²) < 4.78 is 9.84. The molecule has 0 radical (unpaired) electrons. The van der Waals surface area contributed by atoms with Crippen LogP contribution in [0.1, 0.15) is 20.7 Å². The van der Waals surface area contributed by atoms with E-state index in [-0.39, 0.29) is 12.5 Å². The third kappa shape index (κ3) is 6.65. The first-order chi connectivity index (χ1) is 13.9. The number of carbonyl (C=O) groups is 4. The number of amides is 3. The molecule has 9 nitrogen and oxygen atoms in total. The van der Waals surface area contributed by atoms with Gasteiger partial charge in [-0.15, -0.1) is 0 Å². The van der Waals surface area contributed by atoms with E-state index in [0.717, 1.165) is 0 Å². The van der Waals surface area contributed by atoms with Gasteiger partial charge in [0.15, 0.2) is 6.61 Å². The third-order valence-electron chi connectivity index (χ3n) is 3.75. The van der Waals surface area contributed by atoms with Crippen molar-refractivity contribution in [3.63, 3.8) is 0 Å². The van der Waals surface area contributed by atoms with Crippen molar-refractivity contribution < 1.29 is 28.7 Å². The van der Waals surface area contributed by atoms with Crippen molar-refractivity contribution in [2.45, 2.75) is 0 Å². The molecule has 0 bridgehead atoms. The zero-order valence-corrected chi connectivity index (χ0v) is 16.0. The molecule has 2 aromatic carbocycles. The SMILES string of the molecule is CNC(=O)c1cccc(NC(=O)COC(=O)CNC(=O)c2ccc(OC)cc2)c1. The van der Waals surface area contributed by atoms with Crippen molar-refractivity contribution in [2.24, 2.45) is 0 Å². The van der Waals surface area contributed by atoms with Gasteiger partial charge in [0.25, 0.3) is 17.7 Å².